The Morgan fingerprint density at radius 2 is 1.77 bits per heavy atom. The van der Waals surface area contributed by atoms with Crippen LogP contribution in [-0.4, -0.2) is 33.5 Å². The predicted molar refractivity (Wildman–Crippen MR) is 174 cm³/mol. The van der Waals surface area contributed by atoms with Crippen molar-refractivity contribution in [3.8, 4) is 16.9 Å². The third kappa shape index (κ3) is 5.53. The molecular weight excluding hydrogens is 558 g/mol. The maximum Gasteiger partial charge on any atom is 0.355 e. The number of halogens is 1. The van der Waals surface area contributed by atoms with Gasteiger partial charge in [-0.2, -0.15) is 5.10 Å². The summed E-state index contributed by atoms with van der Waals surface area (Å²) in [6.45, 7) is 5.63. The summed E-state index contributed by atoms with van der Waals surface area (Å²) in [5.41, 5.74) is 7.05. The third-order valence-corrected chi connectivity index (χ3v) is 9.01. The molecule has 6 rings (SSSR count). The summed E-state index contributed by atoms with van der Waals surface area (Å²) < 4.78 is 16.2. The second-order valence-corrected chi connectivity index (χ2v) is 11.8. The number of rotatable bonds is 8. The average molecular weight is 598 g/mol. The van der Waals surface area contributed by atoms with Gasteiger partial charge in [0.05, 0.1) is 29.4 Å². The van der Waals surface area contributed by atoms with Crippen molar-refractivity contribution in [2.75, 3.05) is 13.2 Å². The van der Waals surface area contributed by atoms with E-state index in [9.17, 15) is 4.79 Å². The van der Waals surface area contributed by atoms with Gasteiger partial charge >= 0.3 is 5.97 Å². The molecule has 0 bridgehead atoms. The number of benzene rings is 3. The zero-order valence-electron chi connectivity index (χ0n) is 25.4. The summed E-state index contributed by atoms with van der Waals surface area (Å²) in [6.07, 6.45) is 7.48. The second kappa shape index (κ2) is 12.8. The minimum Gasteiger partial charge on any atom is -0.493 e. The summed E-state index contributed by atoms with van der Waals surface area (Å²) in [7, 11) is 2.02. The first kappa shape index (κ1) is 29.3. The van der Waals surface area contributed by atoms with Gasteiger partial charge in [0.25, 0.3) is 0 Å². The molecule has 0 radical (unpaired) electrons. The van der Waals surface area contributed by atoms with E-state index in [1.807, 2.05) is 49.0 Å². The van der Waals surface area contributed by atoms with E-state index in [1.165, 1.54) is 5.69 Å². The highest BCUT2D eigenvalue weighted by Crippen LogP contribution is 2.43. The molecule has 0 saturated carbocycles. The number of carbonyl (C=O) groups is 1. The molecule has 0 saturated heterocycles. The highest BCUT2D eigenvalue weighted by molar-refractivity contribution is 6.35. The monoisotopic (exact) mass is 597 g/mol. The smallest absolute Gasteiger partial charge is 0.355 e. The van der Waals surface area contributed by atoms with E-state index in [0.29, 0.717) is 30.4 Å². The Kier molecular flexibility index (Phi) is 8.75. The highest BCUT2D eigenvalue weighted by atomic mass is 35.5. The average Bonchev–Trinajstić information content (AvgIpc) is 3.49. The molecule has 0 atom stereocenters. The molecule has 1 aliphatic heterocycles. The Morgan fingerprint density at radius 3 is 2.60 bits per heavy atom. The first-order valence-corrected chi connectivity index (χ1v) is 16.1. The van der Waals surface area contributed by atoms with Crippen LogP contribution >= 0.6 is 11.6 Å². The summed E-state index contributed by atoms with van der Waals surface area (Å²) in [4.78, 5) is 13.7. The van der Waals surface area contributed by atoms with Gasteiger partial charge in [-0.05, 0) is 68.5 Å². The molecule has 0 fully saturated rings. The molecular formula is C36H40ClN3O3. The maximum atomic E-state index is 13.7. The number of nitrogens with zero attached hydrogens (tertiary/aromatic N) is 3. The molecule has 3 heterocycles. The van der Waals surface area contributed by atoms with Gasteiger partial charge in [-0.15, -0.1) is 0 Å². The molecule has 1 aliphatic rings. The van der Waals surface area contributed by atoms with Crippen molar-refractivity contribution in [2.24, 2.45) is 7.05 Å². The fourth-order valence-electron chi connectivity index (χ4n) is 6.80. The van der Waals surface area contributed by atoms with Crippen LogP contribution in [0.2, 0.25) is 5.02 Å². The third-order valence-electron chi connectivity index (χ3n) is 8.69. The fourth-order valence-corrected chi connectivity index (χ4v) is 7.04. The molecule has 0 N–H and O–H groups in total. The number of ether oxygens (including phenoxy) is 2. The van der Waals surface area contributed by atoms with Crippen molar-refractivity contribution in [3.05, 3.63) is 82.3 Å². The lowest BCUT2D eigenvalue weighted by atomic mass is 9.95. The highest BCUT2D eigenvalue weighted by Gasteiger charge is 2.29. The Balaban J connectivity index is 1.46. The number of hydrogen-bond donors (Lipinski definition) is 0. The van der Waals surface area contributed by atoms with Gasteiger partial charge < -0.3 is 14.0 Å². The van der Waals surface area contributed by atoms with Gasteiger partial charge in [-0.1, -0.05) is 73.8 Å². The number of aryl methyl sites for hydroxylation is 4. The van der Waals surface area contributed by atoms with Gasteiger partial charge in [0.2, 0.25) is 0 Å². The number of aromatic nitrogens is 3. The van der Waals surface area contributed by atoms with Crippen LogP contribution in [0.3, 0.4) is 0 Å². The van der Waals surface area contributed by atoms with E-state index in [-0.39, 0.29) is 5.97 Å². The number of hydrogen-bond acceptors (Lipinski definition) is 4. The molecule has 2 aromatic heterocycles. The Hall–Kier alpha value is -3.77. The van der Waals surface area contributed by atoms with E-state index >= 15 is 0 Å². The van der Waals surface area contributed by atoms with Crippen LogP contribution in [0, 0.1) is 0 Å². The van der Waals surface area contributed by atoms with Crippen LogP contribution in [0.5, 0.6) is 5.75 Å². The van der Waals surface area contributed by atoms with Crippen molar-refractivity contribution >= 4 is 39.2 Å². The zero-order chi connectivity index (χ0) is 29.9. The van der Waals surface area contributed by atoms with Crippen LogP contribution in [0.15, 0.2) is 54.6 Å². The van der Waals surface area contributed by atoms with Gasteiger partial charge in [0, 0.05) is 41.2 Å². The van der Waals surface area contributed by atoms with Crippen molar-refractivity contribution in [1.82, 2.24) is 14.3 Å². The fraction of sp³-hybridized carbons (Fsp3) is 0.389. The van der Waals surface area contributed by atoms with Crippen molar-refractivity contribution in [2.45, 2.75) is 71.8 Å². The largest absolute Gasteiger partial charge is 0.493 e. The normalized spacial score (nSPS) is 13.6. The minimum absolute atomic E-state index is 0.275. The molecule has 0 amide bonds. The summed E-state index contributed by atoms with van der Waals surface area (Å²) in [5.74, 6) is 0.605. The second-order valence-electron chi connectivity index (χ2n) is 11.4. The molecule has 0 aliphatic carbocycles. The summed E-state index contributed by atoms with van der Waals surface area (Å²) in [5, 5.41) is 8.99. The summed E-state index contributed by atoms with van der Waals surface area (Å²) in [6, 6.07) is 18.5. The van der Waals surface area contributed by atoms with Gasteiger partial charge in [-0.3, -0.25) is 4.68 Å². The predicted octanol–water partition coefficient (Wildman–Crippen LogP) is 8.72. The van der Waals surface area contributed by atoms with Crippen LogP contribution in [-0.2, 0) is 37.6 Å². The molecule has 5 aromatic rings. The first-order valence-electron chi connectivity index (χ1n) is 15.7. The molecule has 6 nitrogen and oxygen atoms in total. The van der Waals surface area contributed by atoms with Gasteiger partial charge in [0.15, 0.2) is 0 Å². The molecule has 0 spiro atoms. The molecule has 43 heavy (non-hydrogen) atoms. The van der Waals surface area contributed by atoms with E-state index < -0.39 is 0 Å². The van der Waals surface area contributed by atoms with E-state index in [4.69, 9.17) is 26.2 Å². The molecule has 224 valence electrons. The van der Waals surface area contributed by atoms with Gasteiger partial charge in [0.1, 0.15) is 11.4 Å². The van der Waals surface area contributed by atoms with Gasteiger partial charge in [-0.25, -0.2) is 4.79 Å². The van der Waals surface area contributed by atoms with Crippen molar-refractivity contribution < 1.29 is 14.3 Å². The Morgan fingerprint density at radius 1 is 0.953 bits per heavy atom. The summed E-state index contributed by atoms with van der Waals surface area (Å²) >= 11 is 7.09. The molecule has 7 heteroatoms. The standard InChI is InChI=1S/C36H40ClN3O3/c1-4-30-33-29(38-39(30)3)18-8-6-7-11-22-40-34-27(20-21-28(37)32(33)34)26(35(40)36(41)42-5-2)17-13-23-43-31-19-12-15-24-14-9-10-16-25(24)31/h9-10,12,14-16,19-21H,4-8,11,13,17-18,22-23H2,1-3H3. The van der Waals surface area contributed by atoms with Crippen LogP contribution in [0.1, 0.15) is 73.4 Å². The topological polar surface area (TPSA) is 58.3 Å². The Labute approximate surface area is 258 Å². The lowest BCUT2D eigenvalue weighted by molar-refractivity contribution is 0.0512. The van der Waals surface area contributed by atoms with E-state index in [1.54, 1.807) is 0 Å². The maximum absolute atomic E-state index is 13.7. The van der Waals surface area contributed by atoms with Crippen LogP contribution < -0.4 is 4.74 Å². The quantitative estimate of drug-likeness (QED) is 0.133. The lowest BCUT2D eigenvalue weighted by Gasteiger charge is -2.15. The van der Waals surface area contributed by atoms with E-state index in [0.717, 1.165) is 101 Å². The molecule has 3 aromatic carbocycles. The zero-order valence-corrected chi connectivity index (χ0v) is 26.2. The first-order chi connectivity index (χ1) is 21.0. The number of esters is 1. The van der Waals surface area contributed by atoms with E-state index in [2.05, 4.69) is 35.8 Å². The minimum atomic E-state index is -0.275. The molecule has 0 unspecified atom stereocenters. The number of fused-ring (bicyclic) bond motifs is 3. The van der Waals surface area contributed by atoms with Crippen molar-refractivity contribution in [3.63, 3.8) is 0 Å². The van der Waals surface area contributed by atoms with Crippen LogP contribution in [0.4, 0.5) is 0 Å². The van der Waals surface area contributed by atoms with Crippen LogP contribution in [0.25, 0.3) is 32.8 Å². The van der Waals surface area contributed by atoms with Crippen molar-refractivity contribution in [1.29, 1.82) is 0 Å². The SMILES string of the molecule is CCOC(=O)c1c(CCCOc2cccc3ccccc23)c2ccc(Cl)c3c2n1CCCCCCc1nn(C)c(CC)c1-3. The number of carbonyl (C=O) groups excluding carboxylic acids is 1. The lowest BCUT2D eigenvalue weighted by Crippen LogP contribution is -2.15. The Bertz CT molecular complexity index is 1780.